The minimum Gasteiger partial charge on any atom is -0.479 e. The summed E-state index contributed by atoms with van der Waals surface area (Å²) >= 11 is 0. The molecule has 2 rings (SSSR count). The summed E-state index contributed by atoms with van der Waals surface area (Å²) in [6.45, 7) is 2.74. The Morgan fingerprint density at radius 3 is 2.43 bits per heavy atom. The average molecular weight is 290 g/mol. The van der Waals surface area contributed by atoms with Crippen molar-refractivity contribution in [1.82, 2.24) is 10.6 Å². The first-order chi connectivity index (χ1) is 10.1. The van der Waals surface area contributed by atoms with E-state index in [9.17, 15) is 14.7 Å². The molecule has 0 heterocycles. The van der Waals surface area contributed by atoms with Crippen molar-refractivity contribution in [3.8, 4) is 0 Å². The van der Waals surface area contributed by atoms with Gasteiger partial charge in [0, 0.05) is 6.54 Å². The molecule has 0 radical (unpaired) electrons. The van der Waals surface area contributed by atoms with E-state index in [-0.39, 0.29) is 5.41 Å². The smallest absolute Gasteiger partial charge is 0.330 e. The molecular formula is C16H22N2O3. The number of carbonyl (C=O) groups is 2. The van der Waals surface area contributed by atoms with Crippen molar-refractivity contribution in [3.63, 3.8) is 0 Å². The van der Waals surface area contributed by atoms with Crippen LogP contribution < -0.4 is 10.6 Å². The number of rotatable bonds is 6. The van der Waals surface area contributed by atoms with Gasteiger partial charge in [0.15, 0.2) is 6.04 Å². The number of hydrogen-bond acceptors (Lipinski definition) is 2. The molecule has 0 saturated heterocycles. The number of hydrogen-bond donors (Lipinski definition) is 3. The molecule has 0 unspecified atom stereocenters. The van der Waals surface area contributed by atoms with Crippen molar-refractivity contribution in [2.45, 2.75) is 38.6 Å². The van der Waals surface area contributed by atoms with Gasteiger partial charge >= 0.3 is 12.0 Å². The van der Waals surface area contributed by atoms with E-state index in [4.69, 9.17) is 0 Å². The van der Waals surface area contributed by atoms with Crippen molar-refractivity contribution in [3.05, 3.63) is 35.9 Å². The van der Waals surface area contributed by atoms with Crippen LogP contribution in [0.3, 0.4) is 0 Å². The number of carbonyl (C=O) groups excluding carboxylic acids is 1. The van der Waals surface area contributed by atoms with E-state index in [0.717, 1.165) is 19.3 Å². The summed E-state index contributed by atoms with van der Waals surface area (Å²) in [6.07, 6.45) is 4.50. The molecule has 1 fully saturated rings. The molecule has 1 aliphatic carbocycles. The Morgan fingerprint density at radius 2 is 1.95 bits per heavy atom. The summed E-state index contributed by atoms with van der Waals surface area (Å²) in [6, 6.07) is 7.26. The maximum Gasteiger partial charge on any atom is 0.330 e. The van der Waals surface area contributed by atoms with Crippen LogP contribution in [0.5, 0.6) is 0 Å². The van der Waals surface area contributed by atoms with Crippen LogP contribution in [0, 0.1) is 5.41 Å². The van der Waals surface area contributed by atoms with Gasteiger partial charge in [0.2, 0.25) is 0 Å². The fraction of sp³-hybridized carbons (Fsp3) is 0.500. The fourth-order valence-electron chi connectivity index (χ4n) is 2.72. The molecular weight excluding hydrogens is 268 g/mol. The number of carboxylic acids is 1. The van der Waals surface area contributed by atoms with Gasteiger partial charge in [-0.25, -0.2) is 9.59 Å². The third-order valence-corrected chi connectivity index (χ3v) is 4.44. The molecule has 0 spiro atoms. The Labute approximate surface area is 124 Å². The molecule has 1 atom stereocenters. The Bertz CT molecular complexity index is 492. The molecule has 1 aromatic carbocycles. The third kappa shape index (κ3) is 3.74. The summed E-state index contributed by atoms with van der Waals surface area (Å²) in [5.41, 5.74) is 0.775. The van der Waals surface area contributed by atoms with E-state index in [1.54, 1.807) is 24.3 Å². The molecule has 2 amide bonds. The van der Waals surface area contributed by atoms with Crippen LogP contribution in [0.4, 0.5) is 4.79 Å². The van der Waals surface area contributed by atoms with Gasteiger partial charge in [-0.2, -0.15) is 0 Å². The van der Waals surface area contributed by atoms with E-state index in [0.29, 0.717) is 12.1 Å². The molecule has 1 aliphatic rings. The predicted molar refractivity (Wildman–Crippen MR) is 79.9 cm³/mol. The second-order valence-electron chi connectivity index (χ2n) is 5.72. The summed E-state index contributed by atoms with van der Waals surface area (Å²) < 4.78 is 0. The molecule has 0 bridgehead atoms. The van der Waals surface area contributed by atoms with Crippen molar-refractivity contribution in [2.24, 2.45) is 5.41 Å². The summed E-state index contributed by atoms with van der Waals surface area (Å²) in [5.74, 6) is -1.06. The van der Waals surface area contributed by atoms with Crippen LogP contribution >= 0.6 is 0 Å². The van der Waals surface area contributed by atoms with Crippen LogP contribution in [-0.2, 0) is 4.79 Å². The summed E-state index contributed by atoms with van der Waals surface area (Å²) in [4.78, 5) is 23.3. The van der Waals surface area contributed by atoms with Crippen LogP contribution in [0.2, 0.25) is 0 Å². The van der Waals surface area contributed by atoms with Gasteiger partial charge in [-0.05, 0) is 30.2 Å². The van der Waals surface area contributed by atoms with Crippen molar-refractivity contribution < 1.29 is 14.7 Å². The number of nitrogens with one attached hydrogen (secondary N) is 2. The largest absolute Gasteiger partial charge is 0.479 e. The lowest BCUT2D eigenvalue weighted by molar-refractivity contribution is -0.139. The van der Waals surface area contributed by atoms with E-state index in [1.807, 2.05) is 6.07 Å². The third-order valence-electron chi connectivity index (χ3n) is 4.44. The van der Waals surface area contributed by atoms with Crippen LogP contribution in [-0.4, -0.2) is 23.7 Å². The zero-order valence-electron chi connectivity index (χ0n) is 12.3. The Kier molecular flexibility index (Phi) is 4.83. The molecule has 5 heteroatoms. The van der Waals surface area contributed by atoms with Crippen LogP contribution in [0.1, 0.15) is 44.2 Å². The van der Waals surface area contributed by atoms with Gasteiger partial charge in [-0.1, -0.05) is 43.7 Å². The minimum absolute atomic E-state index is 0.211. The van der Waals surface area contributed by atoms with Gasteiger partial charge in [0.1, 0.15) is 0 Å². The first-order valence-electron chi connectivity index (χ1n) is 7.38. The molecule has 1 aromatic rings. The average Bonchev–Trinajstić information content (AvgIpc) is 2.44. The van der Waals surface area contributed by atoms with Crippen LogP contribution in [0.25, 0.3) is 0 Å². The monoisotopic (exact) mass is 290 g/mol. The maximum atomic E-state index is 11.9. The molecule has 114 valence electrons. The standard InChI is InChI=1S/C16H22N2O3/c1-2-16(9-6-10-16)11-17-15(21)18-13(14(19)20)12-7-4-3-5-8-12/h3-5,7-8,13H,2,6,9-11H2,1H3,(H,19,20)(H2,17,18,21)/t13-/m1/s1. The molecule has 3 N–H and O–H groups in total. The number of amides is 2. The number of urea groups is 1. The lowest BCUT2D eigenvalue weighted by Crippen LogP contribution is -2.47. The highest BCUT2D eigenvalue weighted by atomic mass is 16.4. The molecule has 21 heavy (non-hydrogen) atoms. The zero-order valence-corrected chi connectivity index (χ0v) is 12.3. The van der Waals surface area contributed by atoms with Crippen molar-refractivity contribution >= 4 is 12.0 Å². The van der Waals surface area contributed by atoms with E-state index in [1.165, 1.54) is 6.42 Å². The normalized spacial score (nSPS) is 17.4. The molecule has 5 nitrogen and oxygen atoms in total. The Balaban J connectivity index is 1.91. The first-order valence-corrected chi connectivity index (χ1v) is 7.38. The van der Waals surface area contributed by atoms with E-state index in [2.05, 4.69) is 17.6 Å². The Hall–Kier alpha value is -2.04. The zero-order chi connectivity index (χ0) is 15.3. The number of benzene rings is 1. The highest BCUT2D eigenvalue weighted by molar-refractivity contribution is 5.83. The fourth-order valence-corrected chi connectivity index (χ4v) is 2.72. The van der Waals surface area contributed by atoms with E-state index >= 15 is 0 Å². The number of carboxylic acid groups (broad SMARTS) is 1. The highest BCUT2D eigenvalue weighted by Gasteiger charge is 2.35. The molecule has 1 saturated carbocycles. The van der Waals surface area contributed by atoms with Crippen molar-refractivity contribution in [1.29, 1.82) is 0 Å². The summed E-state index contributed by atoms with van der Waals surface area (Å²) in [5, 5.41) is 14.6. The van der Waals surface area contributed by atoms with Gasteiger partial charge in [0.25, 0.3) is 0 Å². The van der Waals surface area contributed by atoms with Gasteiger partial charge < -0.3 is 15.7 Å². The molecule has 0 aromatic heterocycles. The Morgan fingerprint density at radius 1 is 1.29 bits per heavy atom. The molecule has 0 aliphatic heterocycles. The maximum absolute atomic E-state index is 11.9. The van der Waals surface area contributed by atoms with E-state index < -0.39 is 18.0 Å². The second kappa shape index (κ2) is 6.61. The first kappa shape index (κ1) is 15.4. The minimum atomic E-state index is -1.06. The van der Waals surface area contributed by atoms with Crippen molar-refractivity contribution in [2.75, 3.05) is 6.54 Å². The van der Waals surface area contributed by atoms with Gasteiger partial charge in [0.05, 0.1) is 0 Å². The second-order valence-corrected chi connectivity index (χ2v) is 5.72. The highest BCUT2D eigenvalue weighted by Crippen LogP contribution is 2.42. The lowest BCUT2D eigenvalue weighted by atomic mass is 9.67. The topological polar surface area (TPSA) is 78.4 Å². The SMILES string of the molecule is CCC1(CNC(=O)N[C@@H](C(=O)O)c2ccccc2)CCC1. The lowest BCUT2D eigenvalue weighted by Gasteiger charge is -2.41. The van der Waals surface area contributed by atoms with Gasteiger partial charge in [-0.3, -0.25) is 0 Å². The number of aliphatic carboxylic acids is 1. The predicted octanol–water partition coefficient (Wildman–Crippen LogP) is 2.69. The van der Waals surface area contributed by atoms with Gasteiger partial charge in [-0.15, -0.1) is 0 Å². The quantitative estimate of drug-likeness (QED) is 0.753. The van der Waals surface area contributed by atoms with Crippen LogP contribution in [0.15, 0.2) is 30.3 Å². The summed E-state index contributed by atoms with van der Waals surface area (Å²) in [7, 11) is 0.